The van der Waals surface area contributed by atoms with Gasteiger partial charge in [-0.05, 0) is 30.2 Å². The van der Waals surface area contributed by atoms with Crippen molar-refractivity contribution in [3.63, 3.8) is 0 Å². The van der Waals surface area contributed by atoms with Crippen molar-refractivity contribution in [2.45, 2.75) is 19.2 Å². The molecule has 1 aromatic carbocycles. The van der Waals surface area contributed by atoms with Gasteiger partial charge in [0.1, 0.15) is 0 Å². The van der Waals surface area contributed by atoms with Crippen LogP contribution in [0.3, 0.4) is 0 Å². The lowest BCUT2D eigenvalue weighted by molar-refractivity contribution is -0.120. The van der Waals surface area contributed by atoms with Crippen molar-refractivity contribution in [2.24, 2.45) is 0 Å². The van der Waals surface area contributed by atoms with Crippen LogP contribution in [-0.4, -0.2) is 31.6 Å². The molecule has 0 aliphatic heterocycles. The number of aromatic nitrogens is 1. The summed E-state index contributed by atoms with van der Waals surface area (Å²) in [6, 6.07) is 9.96. The minimum absolute atomic E-state index is 0.137. The van der Waals surface area contributed by atoms with E-state index in [0.29, 0.717) is 11.1 Å². The van der Waals surface area contributed by atoms with Gasteiger partial charge in [0.15, 0.2) is 5.78 Å². The molecule has 2 aromatic rings. The molecule has 0 saturated carbocycles. The van der Waals surface area contributed by atoms with Crippen molar-refractivity contribution in [1.82, 2.24) is 15.0 Å². The van der Waals surface area contributed by atoms with Gasteiger partial charge in [-0.2, -0.15) is 0 Å². The molecule has 25 heavy (non-hydrogen) atoms. The summed E-state index contributed by atoms with van der Waals surface area (Å²) in [6.07, 6.45) is 3.24. The van der Waals surface area contributed by atoms with Crippen LogP contribution in [0.15, 0.2) is 48.8 Å². The summed E-state index contributed by atoms with van der Waals surface area (Å²) >= 11 is 0. The maximum Gasteiger partial charge on any atom is 0.235 e. The fraction of sp³-hybridized carbons (Fsp3) is 0.235. The molecule has 0 spiro atoms. The largest absolute Gasteiger partial charge is 0.351 e. The molecule has 2 rings (SSSR count). The number of pyridine rings is 1. The average Bonchev–Trinajstić information content (AvgIpc) is 2.59. The summed E-state index contributed by atoms with van der Waals surface area (Å²) in [4.78, 5) is 27.0. The average molecular weight is 361 g/mol. The third-order valence-corrected chi connectivity index (χ3v) is 4.65. The first-order chi connectivity index (χ1) is 11.9. The van der Waals surface area contributed by atoms with Crippen molar-refractivity contribution in [3.05, 3.63) is 65.5 Å². The summed E-state index contributed by atoms with van der Waals surface area (Å²) in [5, 5.41) is 2.61. The van der Waals surface area contributed by atoms with Gasteiger partial charge in [0.05, 0.1) is 12.3 Å². The van der Waals surface area contributed by atoms with Crippen LogP contribution >= 0.6 is 0 Å². The summed E-state index contributed by atoms with van der Waals surface area (Å²) in [5.41, 5.74) is 1.75. The predicted molar refractivity (Wildman–Crippen MR) is 93.2 cm³/mol. The van der Waals surface area contributed by atoms with Gasteiger partial charge in [0, 0.05) is 24.5 Å². The van der Waals surface area contributed by atoms with Gasteiger partial charge in [-0.3, -0.25) is 14.6 Å². The van der Waals surface area contributed by atoms with Gasteiger partial charge in [0.2, 0.25) is 15.9 Å². The van der Waals surface area contributed by atoms with E-state index in [9.17, 15) is 18.0 Å². The second-order valence-electron chi connectivity index (χ2n) is 5.47. The molecule has 0 atom stereocenters. The molecule has 0 bridgehead atoms. The standard InChI is InChI=1S/C17H19N3O4S/c1-13(21)16-6-2-4-14(8-16)12-25(23,24)20-11-17(22)19-10-15-5-3-7-18-9-15/h2-9,20H,10-12H2,1H3,(H,19,22). The van der Waals surface area contributed by atoms with Crippen LogP contribution in [0.1, 0.15) is 28.4 Å². The molecule has 0 radical (unpaired) electrons. The number of ketones is 1. The Hall–Kier alpha value is -2.58. The van der Waals surface area contributed by atoms with Gasteiger partial charge in [-0.25, -0.2) is 13.1 Å². The summed E-state index contributed by atoms with van der Waals surface area (Å²) < 4.78 is 26.4. The molecule has 132 valence electrons. The third kappa shape index (κ3) is 6.44. The normalized spacial score (nSPS) is 11.1. The first-order valence-corrected chi connectivity index (χ1v) is 9.24. The molecular weight excluding hydrogens is 342 g/mol. The molecule has 0 unspecified atom stereocenters. The Kier molecular flexibility index (Phi) is 6.37. The lowest BCUT2D eigenvalue weighted by Crippen LogP contribution is -2.37. The SMILES string of the molecule is CC(=O)c1cccc(CS(=O)(=O)NCC(=O)NCc2cccnc2)c1. The van der Waals surface area contributed by atoms with E-state index in [2.05, 4.69) is 15.0 Å². The number of amides is 1. The highest BCUT2D eigenvalue weighted by atomic mass is 32.2. The second kappa shape index (κ2) is 8.50. The molecule has 8 heteroatoms. The zero-order valence-corrected chi connectivity index (χ0v) is 14.5. The van der Waals surface area contributed by atoms with Crippen molar-refractivity contribution in [2.75, 3.05) is 6.54 Å². The van der Waals surface area contributed by atoms with Crippen LogP contribution in [0.5, 0.6) is 0 Å². The smallest absolute Gasteiger partial charge is 0.235 e. The topological polar surface area (TPSA) is 105 Å². The van der Waals surface area contributed by atoms with Gasteiger partial charge in [-0.1, -0.05) is 24.3 Å². The van der Waals surface area contributed by atoms with E-state index in [-0.39, 0.29) is 24.6 Å². The van der Waals surface area contributed by atoms with Gasteiger partial charge < -0.3 is 5.32 Å². The number of hydrogen-bond donors (Lipinski definition) is 2. The van der Waals surface area contributed by atoms with Crippen molar-refractivity contribution in [1.29, 1.82) is 0 Å². The highest BCUT2D eigenvalue weighted by Gasteiger charge is 2.14. The number of sulfonamides is 1. The van der Waals surface area contributed by atoms with E-state index in [1.807, 2.05) is 0 Å². The first-order valence-electron chi connectivity index (χ1n) is 7.58. The molecule has 1 aromatic heterocycles. The summed E-state index contributed by atoms with van der Waals surface area (Å²) in [6.45, 7) is 1.34. The Bertz CT molecular complexity index is 851. The van der Waals surface area contributed by atoms with E-state index in [1.165, 1.54) is 13.0 Å². The molecular formula is C17H19N3O4S. The zero-order valence-electron chi connectivity index (χ0n) is 13.7. The fourth-order valence-corrected chi connectivity index (χ4v) is 3.16. The Morgan fingerprint density at radius 2 is 1.88 bits per heavy atom. The quantitative estimate of drug-likeness (QED) is 0.683. The molecule has 0 fully saturated rings. The fourth-order valence-electron chi connectivity index (χ4n) is 2.09. The van der Waals surface area contributed by atoms with Crippen LogP contribution in [0, 0.1) is 0 Å². The number of Topliss-reactive ketones (excluding diaryl/α,β-unsaturated/α-hetero) is 1. The predicted octanol–water partition coefficient (Wildman–Crippen LogP) is 1.02. The number of hydrogen-bond acceptors (Lipinski definition) is 5. The lowest BCUT2D eigenvalue weighted by Gasteiger charge is -2.08. The molecule has 0 saturated heterocycles. The van der Waals surface area contributed by atoms with Crippen LogP contribution in [0.25, 0.3) is 0 Å². The molecule has 1 heterocycles. The summed E-state index contributed by atoms with van der Waals surface area (Å²) in [7, 11) is -3.69. The minimum atomic E-state index is -3.69. The number of carbonyl (C=O) groups is 2. The van der Waals surface area contributed by atoms with Crippen molar-refractivity contribution in [3.8, 4) is 0 Å². The van der Waals surface area contributed by atoms with E-state index in [1.54, 1.807) is 42.7 Å². The molecule has 7 nitrogen and oxygen atoms in total. The van der Waals surface area contributed by atoms with Gasteiger partial charge in [-0.15, -0.1) is 0 Å². The van der Waals surface area contributed by atoms with Crippen LogP contribution in [0.4, 0.5) is 0 Å². The van der Waals surface area contributed by atoms with Crippen LogP contribution < -0.4 is 10.0 Å². The number of rotatable bonds is 8. The van der Waals surface area contributed by atoms with Gasteiger partial charge >= 0.3 is 0 Å². The van der Waals surface area contributed by atoms with E-state index in [4.69, 9.17) is 0 Å². The molecule has 0 aliphatic carbocycles. The zero-order chi connectivity index (χ0) is 18.3. The highest BCUT2D eigenvalue weighted by molar-refractivity contribution is 7.88. The number of carbonyl (C=O) groups excluding carboxylic acids is 2. The monoisotopic (exact) mass is 361 g/mol. The third-order valence-electron chi connectivity index (χ3n) is 3.36. The number of nitrogens with zero attached hydrogens (tertiary/aromatic N) is 1. The lowest BCUT2D eigenvalue weighted by atomic mass is 10.1. The Labute approximate surface area is 146 Å². The highest BCUT2D eigenvalue weighted by Crippen LogP contribution is 2.09. The van der Waals surface area contributed by atoms with E-state index in [0.717, 1.165) is 5.56 Å². The second-order valence-corrected chi connectivity index (χ2v) is 7.28. The minimum Gasteiger partial charge on any atom is -0.351 e. The van der Waals surface area contributed by atoms with Crippen molar-refractivity contribution >= 4 is 21.7 Å². The van der Waals surface area contributed by atoms with Crippen LogP contribution in [-0.2, 0) is 27.1 Å². The van der Waals surface area contributed by atoms with Gasteiger partial charge in [0.25, 0.3) is 0 Å². The summed E-state index contributed by atoms with van der Waals surface area (Å²) in [5.74, 6) is -0.879. The number of nitrogens with one attached hydrogen (secondary N) is 2. The number of benzene rings is 1. The van der Waals surface area contributed by atoms with E-state index >= 15 is 0 Å². The Morgan fingerprint density at radius 1 is 1.12 bits per heavy atom. The maximum atomic E-state index is 12.1. The van der Waals surface area contributed by atoms with Crippen LogP contribution in [0.2, 0.25) is 0 Å². The van der Waals surface area contributed by atoms with Crippen molar-refractivity contribution < 1.29 is 18.0 Å². The molecule has 1 amide bonds. The first kappa shape index (κ1) is 18.8. The van der Waals surface area contributed by atoms with E-state index < -0.39 is 15.9 Å². The Morgan fingerprint density at radius 3 is 2.56 bits per heavy atom. The molecule has 2 N–H and O–H groups in total. The molecule has 0 aliphatic rings. The maximum absolute atomic E-state index is 12.1. The Balaban J connectivity index is 1.85.